The highest BCUT2D eigenvalue weighted by atomic mass is 32.1. The highest BCUT2D eigenvalue weighted by molar-refractivity contribution is 7.17. The SMILES string of the molecule is COC(=O)c1sc(NCc2cnn(C)c2)nc1C. The molecule has 0 spiro atoms. The lowest BCUT2D eigenvalue weighted by atomic mass is 10.4. The van der Waals surface area contributed by atoms with Crippen molar-refractivity contribution in [2.24, 2.45) is 7.05 Å². The molecule has 0 saturated carbocycles. The summed E-state index contributed by atoms with van der Waals surface area (Å²) >= 11 is 1.29. The maximum Gasteiger partial charge on any atom is 0.350 e. The van der Waals surface area contributed by atoms with Crippen molar-refractivity contribution in [2.75, 3.05) is 12.4 Å². The number of esters is 1. The lowest BCUT2D eigenvalue weighted by molar-refractivity contribution is 0.0605. The number of methoxy groups -OCH3 is 1. The van der Waals surface area contributed by atoms with Gasteiger partial charge in [0.25, 0.3) is 0 Å². The number of rotatable bonds is 4. The number of nitrogens with one attached hydrogen (secondary N) is 1. The number of hydrogen-bond donors (Lipinski definition) is 1. The molecule has 0 aliphatic rings. The Morgan fingerprint density at radius 2 is 2.39 bits per heavy atom. The number of anilines is 1. The molecule has 0 fully saturated rings. The second-order valence-corrected chi connectivity index (χ2v) is 4.80. The largest absolute Gasteiger partial charge is 0.465 e. The number of hydrogen-bond acceptors (Lipinski definition) is 6. The summed E-state index contributed by atoms with van der Waals surface area (Å²) in [5.41, 5.74) is 1.74. The molecule has 0 saturated heterocycles. The Hall–Kier alpha value is -1.89. The first kappa shape index (κ1) is 12.6. The van der Waals surface area contributed by atoms with Crippen LogP contribution >= 0.6 is 11.3 Å². The number of ether oxygens (including phenoxy) is 1. The molecule has 0 atom stereocenters. The van der Waals surface area contributed by atoms with Crippen LogP contribution in [0.2, 0.25) is 0 Å². The number of carbonyl (C=O) groups is 1. The molecule has 2 heterocycles. The predicted molar refractivity (Wildman–Crippen MR) is 68.7 cm³/mol. The molecule has 1 N–H and O–H groups in total. The summed E-state index contributed by atoms with van der Waals surface area (Å²) < 4.78 is 6.43. The molecule has 96 valence electrons. The summed E-state index contributed by atoms with van der Waals surface area (Å²) in [7, 11) is 3.23. The smallest absolute Gasteiger partial charge is 0.350 e. The summed E-state index contributed by atoms with van der Waals surface area (Å²) in [6.07, 6.45) is 3.71. The van der Waals surface area contributed by atoms with Crippen LogP contribution in [0, 0.1) is 6.92 Å². The third-order valence-corrected chi connectivity index (χ3v) is 3.46. The van der Waals surface area contributed by atoms with Gasteiger partial charge in [-0.15, -0.1) is 0 Å². The van der Waals surface area contributed by atoms with E-state index in [0.29, 0.717) is 22.2 Å². The minimum atomic E-state index is -0.348. The standard InChI is InChI=1S/C11H14N4O2S/c1-7-9(10(16)17-3)18-11(14-7)12-4-8-5-13-15(2)6-8/h5-6H,4H2,1-3H3,(H,12,14). The van der Waals surface area contributed by atoms with Gasteiger partial charge in [-0.3, -0.25) is 4.68 Å². The minimum Gasteiger partial charge on any atom is -0.465 e. The number of nitrogens with zero attached hydrogens (tertiary/aromatic N) is 3. The Labute approximate surface area is 109 Å². The van der Waals surface area contributed by atoms with E-state index in [9.17, 15) is 4.79 Å². The molecule has 0 bridgehead atoms. The van der Waals surface area contributed by atoms with Gasteiger partial charge < -0.3 is 10.1 Å². The van der Waals surface area contributed by atoms with E-state index in [1.54, 1.807) is 17.8 Å². The molecule has 0 aliphatic carbocycles. The number of aryl methyl sites for hydroxylation is 2. The molecular formula is C11H14N4O2S. The van der Waals surface area contributed by atoms with Gasteiger partial charge in [0, 0.05) is 25.4 Å². The summed E-state index contributed by atoms with van der Waals surface area (Å²) in [6, 6.07) is 0. The van der Waals surface area contributed by atoms with Gasteiger partial charge in [-0.1, -0.05) is 11.3 Å². The zero-order chi connectivity index (χ0) is 13.1. The lowest BCUT2D eigenvalue weighted by Gasteiger charge is -1.98. The normalized spacial score (nSPS) is 10.4. The Bertz CT molecular complexity index is 561. The monoisotopic (exact) mass is 266 g/mol. The predicted octanol–water partition coefficient (Wildman–Crippen LogP) is 1.58. The molecule has 18 heavy (non-hydrogen) atoms. The molecule has 0 amide bonds. The van der Waals surface area contributed by atoms with Crippen molar-refractivity contribution < 1.29 is 9.53 Å². The van der Waals surface area contributed by atoms with E-state index in [4.69, 9.17) is 0 Å². The van der Waals surface area contributed by atoms with E-state index < -0.39 is 0 Å². The third kappa shape index (κ3) is 2.67. The Balaban J connectivity index is 2.04. The first-order valence-corrected chi connectivity index (χ1v) is 6.19. The average molecular weight is 266 g/mol. The van der Waals surface area contributed by atoms with Crippen molar-refractivity contribution in [1.82, 2.24) is 14.8 Å². The zero-order valence-corrected chi connectivity index (χ0v) is 11.2. The first-order valence-electron chi connectivity index (χ1n) is 5.37. The highest BCUT2D eigenvalue weighted by Gasteiger charge is 2.15. The van der Waals surface area contributed by atoms with E-state index in [2.05, 4.69) is 20.1 Å². The molecule has 0 radical (unpaired) electrons. The first-order chi connectivity index (χ1) is 8.60. The van der Waals surface area contributed by atoms with Gasteiger partial charge in [0.15, 0.2) is 5.13 Å². The van der Waals surface area contributed by atoms with Crippen molar-refractivity contribution in [1.29, 1.82) is 0 Å². The summed E-state index contributed by atoms with van der Waals surface area (Å²) in [6.45, 7) is 2.42. The maximum atomic E-state index is 11.4. The molecule has 2 aromatic heterocycles. The van der Waals surface area contributed by atoms with Crippen LogP contribution in [0.25, 0.3) is 0 Å². The molecule has 2 rings (SSSR count). The third-order valence-electron chi connectivity index (χ3n) is 2.37. The van der Waals surface area contributed by atoms with Crippen LogP contribution in [0.1, 0.15) is 20.9 Å². The quantitative estimate of drug-likeness (QED) is 0.851. The maximum absolute atomic E-state index is 11.4. The van der Waals surface area contributed by atoms with Crippen LogP contribution < -0.4 is 5.32 Å². The molecule has 0 aliphatic heterocycles. The molecule has 0 unspecified atom stereocenters. The van der Waals surface area contributed by atoms with Gasteiger partial charge in [-0.2, -0.15) is 5.10 Å². The molecule has 6 nitrogen and oxygen atoms in total. The number of aromatic nitrogens is 3. The fourth-order valence-corrected chi connectivity index (χ4v) is 2.38. The van der Waals surface area contributed by atoms with Gasteiger partial charge >= 0.3 is 5.97 Å². The number of thiazole rings is 1. The van der Waals surface area contributed by atoms with Gasteiger partial charge in [-0.25, -0.2) is 9.78 Å². The van der Waals surface area contributed by atoms with Crippen LogP contribution in [0.5, 0.6) is 0 Å². The van der Waals surface area contributed by atoms with Crippen LogP contribution in [0.3, 0.4) is 0 Å². The molecular weight excluding hydrogens is 252 g/mol. The van der Waals surface area contributed by atoms with Crippen molar-refractivity contribution in [3.63, 3.8) is 0 Å². The van der Waals surface area contributed by atoms with Crippen LogP contribution in [-0.2, 0) is 18.3 Å². The Morgan fingerprint density at radius 3 is 3.00 bits per heavy atom. The van der Waals surface area contributed by atoms with E-state index >= 15 is 0 Å². The Morgan fingerprint density at radius 1 is 1.61 bits per heavy atom. The summed E-state index contributed by atoms with van der Waals surface area (Å²) in [5, 5.41) is 7.94. The topological polar surface area (TPSA) is 69.0 Å². The van der Waals surface area contributed by atoms with Crippen molar-refractivity contribution >= 4 is 22.4 Å². The van der Waals surface area contributed by atoms with Gasteiger partial charge in [0.1, 0.15) is 4.88 Å². The average Bonchev–Trinajstić information content (AvgIpc) is 2.92. The molecule has 7 heteroatoms. The van der Waals surface area contributed by atoms with Crippen LogP contribution in [-0.4, -0.2) is 27.8 Å². The van der Waals surface area contributed by atoms with Gasteiger partial charge in [0.05, 0.1) is 19.0 Å². The molecule has 0 aromatic carbocycles. The number of carbonyl (C=O) groups excluding carboxylic acids is 1. The molecule has 2 aromatic rings. The second kappa shape index (κ2) is 5.18. The minimum absolute atomic E-state index is 0.348. The summed E-state index contributed by atoms with van der Waals surface area (Å²) in [5.74, 6) is -0.348. The van der Waals surface area contributed by atoms with Crippen LogP contribution in [0.4, 0.5) is 5.13 Å². The van der Waals surface area contributed by atoms with E-state index in [-0.39, 0.29) is 5.97 Å². The van der Waals surface area contributed by atoms with Crippen molar-refractivity contribution in [3.05, 3.63) is 28.5 Å². The van der Waals surface area contributed by atoms with Gasteiger partial charge in [0.2, 0.25) is 0 Å². The second-order valence-electron chi connectivity index (χ2n) is 3.80. The summed E-state index contributed by atoms with van der Waals surface area (Å²) in [4.78, 5) is 16.2. The van der Waals surface area contributed by atoms with Crippen molar-refractivity contribution in [2.45, 2.75) is 13.5 Å². The lowest BCUT2D eigenvalue weighted by Crippen LogP contribution is -1.99. The highest BCUT2D eigenvalue weighted by Crippen LogP contribution is 2.23. The van der Waals surface area contributed by atoms with Gasteiger partial charge in [-0.05, 0) is 6.92 Å². The Kier molecular flexibility index (Phi) is 3.61. The van der Waals surface area contributed by atoms with Crippen molar-refractivity contribution in [3.8, 4) is 0 Å². The van der Waals surface area contributed by atoms with E-state index in [1.165, 1.54) is 18.4 Å². The fourth-order valence-electron chi connectivity index (χ4n) is 1.49. The van der Waals surface area contributed by atoms with E-state index in [0.717, 1.165) is 5.56 Å². The van der Waals surface area contributed by atoms with E-state index in [1.807, 2.05) is 13.2 Å². The fraction of sp³-hybridized carbons (Fsp3) is 0.364. The van der Waals surface area contributed by atoms with Crippen LogP contribution in [0.15, 0.2) is 12.4 Å². The zero-order valence-electron chi connectivity index (χ0n) is 10.4.